The Morgan fingerprint density at radius 2 is 2.11 bits per heavy atom. The van der Waals surface area contributed by atoms with Gasteiger partial charge in [-0.2, -0.15) is 0 Å². The Morgan fingerprint density at radius 3 is 2.56 bits per heavy atom. The predicted molar refractivity (Wildman–Crippen MR) is 42.9 cm³/mol. The molecule has 0 aliphatic heterocycles. The summed E-state index contributed by atoms with van der Waals surface area (Å²) < 4.78 is 0. The molecule has 0 spiro atoms. The number of carbonyl (C=O) groups is 1. The largest absolute Gasteiger partial charge is 0.300 e. The molecule has 2 heteroatoms. The van der Waals surface area contributed by atoms with Crippen LogP contribution in [0.1, 0.15) is 32.6 Å². The summed E-state index contributed by atoms with van der Waals surface area (Å²) in [4.78, 5) is 10.8. The first-order chi connectivity index (χ1) is 4.31. The van der Waals surface area contributed by atoms with E-state index in [1.165, 1.54) is 0 Å². The SMILES string of the molecule is CCCC(=O)CCCBr. The highest BCUT2D eigenvalue weighted by molar-refractivity contribution is 9.09. The van der Waals surface area contributed by atoms with Crippen LogP contribution >= 0.6 is 15.9 Å². The van der Waals surface area contributed by atoms with E-state index >= 15 is 0 Å². The molecule has 0 unspecified atom stereocenters. The van der Waals surface area contributed by atoms with Crippen molar-refractivity contribution in [3.63, 3.8) is 0 Å². The maximum Gasteiger partial charge on any atom is 0.132 e. The Bertz CT molecular complexity index is 81.0. The highest BCUT2D eigenvalue weighted by Crippen LogP contribution is 1.99. The lowest BCUT2D eigenvalue weighted by Crippen LogP contribution is -1.95. The van der Waals surface area contributed by atoms with E-state index in [0.717, 1.165) is 31.0 Å². The summed E-state index contributed by atoms with van der Waals surface area (Å²) in [5.41, 5.74) is 0. The Morgan fingerprint density at radius 1 is 1.44 bits per heavy atom. The molecule has 0 heterocycles. The zero-order chi connectivity index (χ0) is 7.11. The second-order valence-corrected chi connectivity index (χ2v) is 2.87. The van der Waals surface area contributed by atoms with Gasteiger partial charge in [-0.05, 0) is 12.8 Å². The number of hydrogen-bond donors (Lipinski definition) is 0. The standard InChI is InChI=1S/C7H13BrO/c1-2-4-7(9)5-3-6-8/h2-6H2,1H3. The molecule has 0 fully saturated rings. The van der Waals surface area contributed by atoms with Gasteiger partial charge in [0.1, 0.15) is 5.78 Å². The molecule has 0 N–H and O–H groups in total. The molecule has 0 radical (unpaired) electrons. The van der Waals surface area contributed by atoms with Crippen molar-refractivity contribution in [1.29, 1.82) is 0 Å². The number of Topliss-reactive ketones (excluding diaryl/α,β-unsaturated/α-hetero) is 1. The van der Waals surface area contributed by atoms with Crippen LogP contribution < -0.4 is 0 Å². The van der Waals surface area contributed by atoms with Crippen LogP contribution in [0.15, 0.2) is 0 Å². The molecule has 0 aliphatic rings. The molecule has 9 heavy (non-hydrogen) atoms. The third kappa shape index (κ3) is 6.03. The number of rotatable bonds is 5. The number of alkyl halides is 1. The maximum absolute atomic E-state index is 10.8. The van der Waals surface area contributed by atoms with Gasteiger partial charge in [-0.3, -0.25) is 4.79 Å². The minimum Gasteiger partial charge on any atom is -0.300 e. The van der Waals surface area contributed by atoms with E-state index < -0.39 is 0 Å². The van der Waals surface area contributed by atoms with Gasteiger partial charge in [-0.1, -0.05) is 22.9 Å². The van der Waals surface area contributed by atoms with Crippen molar-refractivity contribution in [2.24, 2.45) is 0 Å². The molecule has 0 saturated carbocycles. The van der Waals surface area contributed by atoms with Gasteiger partial charge < -0.3 is 0 Å². The van der Waals surface area contributed by atoms with Crippen molar-refractivity contribution in [3.8, 4) is 0 Å². The lowest BCUT2D eigenvalue weighted by molar-refractivity contribution is -0.119. The second-order valence-electron chi connectivity index (χ2n) is 2.08. The smallest absolute Gasteiger partial charge is 0.132 e. The molecule has 0 rings (SSSR count). The second kappa shape index (κ2) is 6.27. The molecular weight excluding hydrogens is 180 g/mol. The third-order valence-corrected chi connectivity index (χ3v) is 1.68. The number of hydrogen-bond acceptors (Lipinski definition) is 1. The molecule has 0 aromatic rings. The zero-order valence-corrected chi connectivity index (χ0v) is 7.41. The van der Waals surface area contributed by atoms with Gasteiger partial charge in [0.05, 0.1) is 0 Å². The Kier molecular flexibility index (Phi) is 6.38. The van der Waals surface area contributed by atoms with Crippen LogP contribution in [0.4, 0.5) is 0 Å². The molecule has 54 valence electrons. The molecule has 0 bridgehead atoms. The van der Waals surface area contributed by atoms with Crippen molar-refractivity contribution < 1.29 is 4.79 Å². The van der Waals surface area contributed by atoms with Crippen LogP contribution in [0.5, 0.6) is 0 Å². The minimum atomic E-state index is 0.400. The summed E-state index contributed by atoms with van der Waals surface area (Å²) in [7, 11) is 0. The van der Waals surface area contributed by atoms with E-state index in [4.69, 9.17) is 0 Å². The molecule has 0 aromatic heterocycles. The van der Waals surface area contributed by atoms with E-state index in [2.05, 4.69) is 15.9 Å². The van der Waals surface area contributed by atoms with E-state index in [1.807, 2.05) is 6.92 Å². The number of carbonyl (C=O) groups excluding carboxylic acids is 1. The van der Waals surface area contributed by atoms with Gasteiger partial charge in [0, 0.05) is 18.2 Å². The van der Waals surface area contributed by atoms with Crippen LogP contribution in [0.25, 0.3) is 0 Å². The Hall–Kier alpha value is 0.150. The van der Waals surface area contributed by atoms with Crippen molar-refractivity contribution in [3.05, 3.63) is 0 Å². The average molecular weight is 193 g/mol. The summed E-state index contributed by atoms with van der Waals surface area (Å²) in [6.07, 6.45) is 3.48. The first-order valence-corrected chi connectivity index (χ1v) is 4.51. The fourth-order valence-electron chi connectivity index (χ4n) is 0.668. The topological polar surface area (TPSA) is 17.1 Å². The summed E-state index contributed by atoms with van der Waals surface area (Å²) >= 11 is 3.28. The van der Waals surface area contributed by atoms with Gasteiger partial charge in [0.15, 0.2) is 0 Å². The van der Waals surface area contributed by atoms with Crippen molar-refractivity contribution in [2.75, 3.05) is 5.33 Å². The first kappa shape index (κ1) is 9.15. The van der Waals surface area contributed by atoms with Gasteiger partial charge in [-0.25, -0.2) is 0 Å². The van der Waals surface area contributed by atoms with Crippen LogP contribution in [-0.2, 0) is 4.79 Å². The van der Waals surface area contributed by atoms with Crippen LogP contribution in [0.3, 0.4) is 0 Å². The summed E-state index contributed by atoms with van der Waals surface area (Å²) in [6, 6.07) is 0. The van der Waals surface area contributed by atoms with E-state index in [9.17, 15) is 4.79 Å². The van der Waals surface area contributed by atoms with Crippen LogP contribution in [0, 0.1) is 0 Å². The van der Waals surface area contributed by atoms with Crippen LogP contribution in [0.2, 0.25) is 0 Å². The molecule has 0 amide bonds. The normalized spacial score (nSPS) is 9.56. The van der Waals surface area contributed by atoms with Gasteiger partial charge in [0.2, 0.25) is 0 Å². The number of halogens is 1. The van der Waals surface area contributed by atoms with Crippen molar-refractivity contribution >= 4 is 21.7 Å². The molecule has 0 aromatic carbocycles. The predicted octanol–water partition coefficient (Wildman–Crippen LogP) is 2.53. The maximum atomic E-state index is 10.8. The molecule has 0 atom stereocenters. The van der Waals surface area contributed by atoms with Crippen LogP contribution in [-0.4, -0.2) is 11.1 Å². The van der Waals surface area contributed by atoms with E-state index in [1.54, 1.807) is 0 Å². The monoisotopic (exact) mass is 192 g/mol. The Balaban J connectivity index is 3.06. The Labute approximate surface area is 65.0 Å². The minimum absolute atomic E-state index is 0.400. The average Bonchev–Trinajstić information content (AvgIpc) is 1.85. The highest BCUT2D eigenvalue weighted by Gasteiger charge is 1.97. The molecule has 1 nitrogen and oxygen atoms in total. The lowest BCUT2D eigenvalue weighted by Gasteiger charge is -1.93. The van der Waals surface area contributed by atoms with E-state index in [0.29, 0.717) is 5.78 Å². The van der Waals surface area contributed by atoms with Crippen molar-refractivity contribution in [1.82, 2.24) is 0 Å². The zero-order valence-electron chi connectivity index (χ0n) is 5.82. The summed E-state index contributed by atoms with van der Waals surface area (Å²) in [5, 5.41) is 0.947. The highest BCUT2D eigenvalue weighted by atomic mass is 79.9. The third-order valence-electron chi connectivity index (χ3n) is 1.12. The fourth-order valence-corrected chi connectivity index (χ4v) is 0.948. The molecule has 0 saturated heterocycles. The quantitative estimate of drug-likeness (QED) is 0.613. The summed E-state index contributed by atoms with van der Waals surface area (Å²) in [5.74, 6) is 0.400. The first-order valence-electron chi connectivity index (χ1n) is 3.39. The van der Waals surface area contributed by atoms with Crippen molar-refractivity contribution in [2.45, 2.75) is 32.6 Å². The summed E-state index contributed by atoms with van der Waals surface area (Å²) in [6.45, 7) is 2.03. The number of ketones is 1. The van der Waals surface area contributed by atoms with E-state index in [-0.39, 0.29) is 0 Å². The molecule has 0 aliphatic carbocycles. The fraction of sp³-hybridized carbons (Fsp3) is 0.857. The lowest BCUT2D eigenvalue weighted by atomic mass is 10.1. The van der Waals surface area contributed by atoms with Gasteiger partial charge in [-0.15, -0.1) is 0 Å². The van der Waals surface area contributed by atoms with Gasteiger partial charge >= 0.3 is 0 Å². The molecular formula is C7H13BrO. The van der Waals surface area contributed by atoms with Gasteiger partial charge in [0.25, 0.3) is 0 Å².